The van der Waals surface area contributed by atoms with Crippen molar-refractivity contribution in [1.29, 1.82) is 0 Å². The number of hydrogen-bond donors (Lipinski definition) is 1. The Bertz CT molecular complexity index is 1230. The Morgan fingerprint density at radius 2 is 1.97 bits per heavy atom. The fourth-order valence-electron chi connectivity index (χ4n) is 3.77. The van der Waals surface area contributed by atoms with Crippen molar-refractivity contribution in [2.24, 2.45) is 0 Å². The number of fused-ring (bicyclic) bond motifs is 3. The van der Waals surface area contributed by atoms with Gasteiger partial charge in [-0.2, -0.15) is 0 Å². The molecule has 172 valence electrons. The number of benzene rings is 2. The third-order valence-corrected chi connectivity index (χ3v) is 6.37. The summed E-state index contributed by atoms with van der Waals surface area (Å²) in [5.74, 6) is 0.911. The highest BCUT2D eigenvalue weighted by Crippen LogP contribution is 2.29. The van der Waals surface area contributed by atoms with Crippen LogP contribution in [0.3, 0.4) is 0 Å². The third-order valence-electron chi connectivity index (χ3n) is 5.44. The van der Waals surface area contributed by atoms with Gasteiger partial charge in [-0.25, -0.2) is 4.98 Å². The number of aryl methyl sites for hydroxylation is 1. The molecule has 0 aliphatic rings. The minimum Gasteiger partial charge on any atom is -0.383 e. The zero-order valence-corrected chi connectivity index (χ0v) is 19.9. The van der Waals surface area contributed by atoms with E-state index in [4.69, 9.17) is 9.72 Å². The van der Waals surface area contributed by atoms with Gasteiger partial charge in [0.25, 0.3) is 0 Å². The molecule has 0 saturated heterocycles. The molecule has 0 fully saturated rings. The van der Waals surface area contributed by atoms with E-state index in [1.54, 1.807) is 18.9 Å². The molecule has 0 aliphatic carbocycles. The van der Waals surface area contributed by atoms with Gasteiger partial charge in [0.05, 0.1) is 12.1 Å². The average Bonchev–Trinajstić information content (AvgIpc) is 3.12. The molecule has 2 heterocycles. The van der Waals surface area contributed by atoms with Crippen LogP contribution in [0.4, 0.5) is 0 Å². The van der Waals surface area contributed by atoms with Crippen LogP contribution < -0.4 is 5.32 Å². The lowest BCUT2D eigenvalue weighted by atomic mass is 10.1. The van der Waals surface area contributed by atoms with E-state index in [0.717, 1.165) is 47.2 Å². The molecule has 8 heteroatoms. The van der Waals surface area contributed by atoms with Crippen LogP contribution in [-0.2, 0) is 16.1 Å². The summed E-state index contributed by atoms with van der Waals surface area (Å²) in [6.07, 6.45) is 2.26. The number of hydrogen-bond acceptors (Lipinski definition) is 6. The molecule has 0 bridgehead atoms. The van der Waals surface area contributed by atoms with E-state index >= 15 is 0 Å². The maximum atomic E-state index is 11.8. The summed E-state index contributed by atoms with van der Waals surface area (Å²) < 4.78 is 7.17. The third kappa shape index (κ3) is 5.89. The molecule has 0 aliphatic heterocycles. The quantitative estimate of drug-likeness (QED) is 0.263. The van der Waals surface area contributed by atoms with Gasteiger partial charge in [0, 0.05) is 37.8 Å². The van der Waals surface area contributed by atoms with Crippen molar-refractivity contribution in [2.75, 3.05) is 26.0 Å². The largest absolute Gasteiger partial charge is 0.383 e. The first-order valence-electron chi connectivity index (χ1n) is 11.2. The predicted octanol–water partition coefficient (Wildman–Crippen LogP) is 4.36. The maximum Gasteiger partial charge on any atom is 0.220 e. The Labute approximate surface area is 197 Å². The van der Waals surface area contributed by atoms with Crippen LogP contribution in [0.1, 0.15) is 30.4 Å². The number of nitrogens with zero attached hydrogens (tertiary/aromatic N) is 4. The minimum absolute atomic E-state index is 0.0668. The topological polar surface area (TPSA) is 81.9 Å². The van der Waals surface area contributed by atoms with Crippen LogP contribution in [-0.4, -0.2) is 51.7 Å². The van der Waals surface area contributed by atoms with Gasteiger partial charge in [0.1, 0.15) is 5.52 Å². The van der Waals surface area contributed by atoms with Crippen LogP contribution in [0.15, 0.2) is 53.7 Å². The normalized spacial score (nSPS) is 11.3. The smallest absolute Gasteiger partial charge is 0.220 e. The van der Waals surface area contributed by atoms with Crippen molar-refractivity contribution < 1.29 is 9.53 Å². The zero-order valence-electron chi connectivity index (χ0n) is 19.1. The van der Waals surface area contributed by atoms with Gasteiger partial charge in [0.15, 0.2) is 5.65 Å². The van der Waals surface area contributed by atoms with Crippen LogP contribution in [0, 0.1) is 6.92 Å². The Morgan fingerprint density at radius 3 is 2.79 bits per heavy atom. The standard InChI is InChI=1S/C25H29N5O2S/c1-18-11-12-21-20(16-18)23-24(30(21)17-19-8-4-3-5-9-19)27-25(29-28-23)33-15-7-6-10-22(31)26-13-14-32-2/h3-5,8-9,11-12,16H,6-7,10,13-15,17H2,1-2H3,(H,26,31). The molecule has 2 aromatic carbocycles. The van der Waals surface area contributed by atoms with E-state index in [2.05, 4.69) is 69.5 Å². The van der Waals surface area contributed by atoms with Crippen molar-refractivity contribution in [3.63, 3.8) is 0 Å². The van der Waals surface area contributed by atoms with Crippen LogP contribution in [0.25, 0.3) is 22.1 Å². The zero-order chi connectivity index (χ0) is 23.0. The second-order valence-corrected chi connectivity index (χ2v) is 9.07. The lowest BCUT2D eigenvalue weighted by Gasteiger charge is -2.07. The molecule has 0 saturated carbocycles. The first-order valence-corrected chi connectivity index (χ1v) is 12.2. The van der Waals surface area contributed by atoms with Crippen LogP contribution in [0.2, 0.25) is 0 Å². The maximum absolute atomic E-state index is 11.8. The number of carbonyl (C=O) groups is 1. The van der Waals surface area contributed by atoms with E-state index < -0.39 is 0 Å². The van der Waals surface area contributed by atoms with E-state index in [-0.39, 0.29) is 5.91 Å². The van der Waals surface area contributed by atoms with E-state index in [1.807, 2.05) is 6.07 Å². The molecule has 2 aromatic heterocycles. The van der Waals surface area contributed by atoms with Crippen LogP contribution in [0.5, 0.6) is 0 Å². The van der Waals surface area contributed by atoms with E-state index in [1.165, 1.54) is 11.1 Å². The Morgan fingerprint density at radius 1 is 1.12 bits per heavy atom. The monoisotopic (exact) mass is 463 g/mol. The molecule has 0 atom stereocenters. The number of rotatable bonds is 11. The Kier molecular flexibility index (Phi) is 7.91. The summed E-state index contributed by atoms with van der Waals surface area (Å²) in [6.45, 7) is 3.91. The second kappa shape index (κ2) is 11.2. The van der Waals surface area contributed by atoms with Gasteiger partial charge in [-0.05, 0) is 37.5 Å². The highest BCUT2D eigenvalue weighted by Gasteiger charge is 2.15. The van der Waals surface area contributed by atoms with Gasteiger partial charge in [0.2, 0.25) is 11.1 Å². The lowest BCUT2D eigenvalue weighted by molar-refractivity contribution is -0.121. The summed E-state index contributed by atoms with van der Waals surface area (Å²) in [5.41, 5.74) is 5.21. The van der Waals surface area contributed by atoms with E-state index in [9.17, 15) is 4.79 Å². The molecule has 0 spiro atoms. The van der Waals surface area contributed by atoms with Crippen molar-refractivity contribution in [1.82, 2.24) is 25.1 Å². The highest BCUT2D eigenvalue weighted by atomic mass is 32.2. The van der Waals surface area contributed by atoms with E-state index in [0.29, 0.717) is 24.7 Å². The van der Waals surface area contributed by atoms with Crippen molar-refractivity contribution in [3.05, 3.63) is 59.7 Å². The van der Waals surface area contributed by atoms with Gasteiger partial charge in [-0.15, -0.1) is 10.2 Å². The van der Waals surface area contributed by atoms with Gasteiger partial charge >= 0.3 is 0 Å². The first kappa shape index (κ1) is 23.2. The minimum atomic E-state index is 0.0668. The Hall–Kier alpha value is -2.97. The summed E-state index contributed by atoms with van der Waals surface area (Å²) in [5, 5.41) is 13.5. The van der Waals surface area contributed by atoms with Crippen LogP contribution >= 0.6 is 11.8 Å². The molecule has 33 heavy (non-hydrogen) atoms. The molecule has 0 unspecified atom stereocenters. The summed E-state index contributed by atoms with van der Waals surface area (Å²) in [7, 11) is 1.62. The van der Waals surface area contributed by atoms with Crippen molar-refractivity contribution in [2.45, 2.75) is 37.9 Å². The Balaban J connectivity index is 1.46. The molecule has 0 radical (unpaired) electrons. The summed E-state index contributed by atoms with van der Waals surface area (Å²) >= 11 is 1.59. The van der Waals surface area contributed by atoms with Gasteiger partial charge < -0.3 is 14.6 Å². The van der Waals surface area contributed by atoms with Crippen molar-refractivity contribution >= 4 is 39.7 Å². The summed E-state index contributed by atoms with van der Waals surface area (Å²) in [4.78, 5) is 16.7. The predicted molar refractivity (Wildman–Crippen MR) is 133 cm³/mol. The van der Waals surface area contributed by atoms with Gasteiger partial charge in [-0.1, -0.05) is 53.7 Å². The molecular weight excluding hydrogens is 434 g/mol. The highest BCUT2D eigenvalue weighted by molar-refractivity contribution is 7.99. The number of amides is 1. The number of methoxy groups -OCH3 is 1. The van der Waals surface area contributed by atoms with Crippen molar-refractivity contribution in [3.8, 4) is 0 Å². The van der Waals surface area contributed by atoms with Gasteiger partial charge in [-0.3, -0.25) is 4.79 Å². The average molecular weight is 464 g/mol. The molecule has 4 rings (SSSR count). The number of thioether (sulfide) groups is 1. The fraction of sp³-hybridized carbons (Fsp3) is 0.360. The fourth-order valence-corrected chi connectivity index (χ4v) is 4.55. The molecule has 7 nitrogen and oxygen atoms in total. The summed E-state index contributed by atoms with van der Waals surface area (Å²) in [6, 6.07) is 16.8. The number of nitrogens with one attached hydrogen (secondary N) is 1. The lowest BCUT2D eigenvalue weighted by Crippen LogP contribution is -2.26. The first-order chi connectivity index (χ1) is 16.2. The second-order valence-electron chi connectivity index (χ2n) is 8.01. The molecule has 4 aromatic rings. The SMILES string of the molecule is COCCNC(=O)CCCCSc1nnc2c3cc(C)ccc3n(Cc3ccccc3)c2n1. The number of unbranched alkanes of at least 4 members (excludes halogenated alkanes) is 1. The number of carbonyl (C=O) groups excluding carboxylic acids is 1. The number of aromatic nitrogens is 4. The number of ether oxygens (including phenoxy) is 1. The molecule has 1 N–H and O–H groups in total. The molecule has 1 amide bonds. The molecular formula is C25H29N5O2S.